The van der Waals surface area contributed by atoms with Gasteiger partial charge in [-0.05, 0) is 5.39 Å². The van der Waals surface area contributed by atoms with E-state index >= 15 is 0 Å². The van der Waals surface area contributed by atoms with Crippen molar-refractivity contribution in [3.63, 3.8) is 0 Å². The minimum Gasteiger partial charge on any atom is -0.285 e. The lowest BCUT2D eigenvalue weighted by atomic mass is 9.91. The number of hydrogen-bond donors (Lipinski definition) is 0. The minimum atomic E-state index is -0.593. The highest BCUT2D eigenvalue weighted by molar-refractivity contribution is 6.23. The van der Waals surface area contributed by atoms with Gasteiger partial charge in [0.15, 0.2) is 5.57 Å². The summed E-state index contributed by atoms with van der Waals surface area (Å²) in [5, 5.41) is 32.2. The summed E-state index contributed by atoms with van der Waals surface area (Å²) in [6, 6.07) is 15.6. The first kappa shape index (κ1) is 15.6. The van der Waals surface area contributed by atoms with Crippen molar-refractivity contribution in [3.8, 4) is 18.2 Å². The van der Waals surface area contributed by atoms with Crippen LogP contribution in [0.5, 0.6) is 0 Å². The van der Waals surface area contributed by atoms with E-state index in [1.54, 1.807) is 48.5 Å². The topological polar surface area (TPSA) is 118 Å². The fourth-order valence-corrected chi connectivity index (χ4v) is 4.01. The van der Waals surface area contributed by atoms with E-state index < -0.39 is 10.9 Å². The van der Waals surface area contributed by atoms with Crippen LogP contribution < -0.4 is 21.4 Å². The molecule has 0 aromatic heterocycles. The Morgan fingerprint density at radius 2 is 1.32 bits per heavy atom. The third-order valence-corrected chi connectivity index (χ3v) is 5.12. The van der Waals surface area contributed by atoms with E-state index in [2.05, 4.69) is 11.1 Å². The van der Waals surface area contributed by atoms with Gasteiger partial charge in [0, 0.05) is 32.1 Å². The van der Waals surface area contributed by atoms with Crippen molar-refractivity contribution >= 4 is 37.9 Å². The van der Waals surface area contributed by atoms with E-state index in [1.807, 2.05) is 0 Å². The first-order valence-corrected chi connectivity index (χ1v) is 8.26. The largest absolute Gasteiger partial charge is 0.285 e. The Kier molecular flexibility index (Phi) is 2.91. The van der Waals surface area contributed by atoms with Crippen molar-refractivity contribution in [3.05, 3.63) is 78.7 Å². The fourth-order valence-electron chi connectivity index (χ4n) is 4.01. The van der Waals surface area contributed by atoms with Crippen LogP contribution in [-0.2, 0) is 0 Å². The lowest BCUT2D eigenvalue weighted by Crippen LogP contribution is -2.29. The predicted molar refractivity (Wildman–Crippen MR) is 102 cm³/mol. The summed E-state index contributed by atoms with van der Waals surface area (Å²) in [6.07, 6.45) is 0. The molecule has 0 radical (unpaired) electrons. The maximum Gasteiger partial charge on any atom is 0.234 e. The van der Waals surface area contributed by atoms with Crippen LogP contribution in [-0.4, -0.2) is 0 Å². The number of nitriles is 3. The first-order valence-electron chi connectivity index (χ1n) is 8.26. The molecule has 1 heterocycles. The van der Waals surface area contributed by atoms with E-state index in [9.17, 15) is 25.4 Å². The van der Waals surface area contributed by atoms with Crippen molar-refractivity contribution in [1.82, 2.24) is 0 Å². The van der Waals surface area contributed by atoms with Crippen molar-refractivity contribution in [2.45, 2.75) is 0 Å². The second kappa shape index (κ2) is 5.20. The standard InChI is InChI=1S/C22H6N4O2/c23-7-10(8-24)19-15(9-25)18-11-3-1-5-13-16(11)17-12(20(18)26-19)4-2-6-14(17)22(28)21(13)27/h1-6H. The van der Waals surface area contributed by atoms with E-state index in [0.29, 0.717) is 37.5 Å². The van der Waals surface area contributed by atoms with Gasteiger partial charge in [0.05, 0.1) is 10.9 Å². The summed E-state index contributed by atoms with van der Waals surface area (Å²) in [4.78, 5) is 29.7. The molecular weight excluding hydrogens is 352 g/mol. The van der Waals surface area contributed by atoms with Gasteiger partial charge in [-0.15, -0.1) is 0 Å². The molecule has 6 nitrogen and oxygen atoms in total. The van der Waals surface area contributed by atoms with Crippen LogP contribution in [0.15, 0.2) is 62.2 Å². The second-order valence-electron chi connectivity index (χ2n) is 6.38. The fraction of sp³-hybridized carbons (Fsp3) is 0. The van der Waals surface area contributed by atoms with Crippen molar-refractivity contribution in [1.29, 1.82) is 15.8 Å². The van der Waals surface area contributed by atoms with Crippen molar-refractivity contribution < 1.29 is 0 Å². The molecule has 126 valence electrons. The highest BCUT2D eigenvalue weighted by atomic mass is 16.2. The van der Waals surface area contributed by atoms with E-state index in [1.165, 1.54) is 0 Å². The van der Waals surface area contributed by atoms with Gasteiger partial charge in [0.2, 0.25) is 10.9 Å². The molecule has 6 heteroatoms. The lowest BCUT2D eigenvalue weighted by Gasteiger charge is -2.09. The monoisotopic (exact) mass is 358 g/mol. The lowest BCUT2D eigenvalue weighted by molar-refractivity contribution is 1.31. The zero-order valence-corrected chi connectivity index (χ0v) is 14.1. The number of nitrogens with zero attached hydrogens (tertiary/aromatic N) is 4. The Balaban J connectivity index is 2.30. The molecule has 0 unspecified atom stereocenters. The van der Waals surface area contributed by atoms with Gasteiger partial charge in [-0.2, -0.15) is 15.8 Å². The van der Waals surface area contributed by atoms with Crippen LogP contribution in [0.1, 0.15) is 0 Å². The first-order chi connectivity index (χ1) is 13.6. The summed E-state index contributed by atoms with van der Waals surface area (Å²) >= 11 is 0. The smallest absolute Gasteiger partial charge is 0.234 e. The molecule has 0 aliphatic carbocycles. The summed E-state index contributed by atoms with van der Waals surface area (Å²) in [5.41, 5.74) is -1.31. The molecule has 5 rings (SSSR count). The predicted octanol–water partition coefficient (Wildman–Crippen LogP) is 1.35. The van der Waals surface area contributed by atoms with Crippen molar-refractivity contribution in [2.24, 2.45) is 4.99 Å². The third-order valence-electron chi connectivity index (χ3n) is 5.12. The van der Waals surface area contributed by atoms with Gasteiger partial charge in [0.25, 0.3) is 0 Å². The van der Waals surface area contributed by atoms with Gasteiger partial charge >= 0.3 is 0 Å². The molecule has 0 saturated carbocycles. The van der Waals surface area contributed by atoms with Crippen LogP contribution >= 0.6 is 0 Å². The SMILES string of the molecule is N#CC(C#N)=C1N=c2c(c3cccc4c(=O)c(=O)c5cccc2c5c43)=C1C#N. The van der Waals surface area contributed by atoms with Crippen molar-refractivity contribution in [2.75, 3.05) is 0 Å². The van der Waals surface area contributed by atoms with Gasteiger partial charge in [0.1, 0.15) is 23.9 Å². The Morgan fingerprint density at radius 3 is 1.89 bits per heavy atom. The summed E-state index contributed by atoms with van der Waals surface area (Å²) in [7, 11) is 0. The molecule has 1 aliphatic heterocycles. The van der Waals surface area contributed by atoms with E-state index in [-0.39, 0.29) is 22.2 Å². The maximum absolute atomic E-state index is 12.6. The van der Waals surface area contributed by atoms with Gasteiger partial charge < -0.3 is 0 Å². The maximum atomic E-state index is 12.6. The quantitative estimate of drug-likeness (QED) is 0.267. The van der Waals surface area contributed by atoms with Gasteiger partial charge in [-0.1, -0.05) is 36.4 Å². The Bertz CT molecular complexity index is 1760. The molecule has 0 fully saturated rings. The summed E-state index contributed by atoms with van der Waals surface area (Å²) < 4.78 is 0. The molecular formula is C22H6N4O2. The third kappa shape index (κ3) is 1.65. The Morgan fingerprint density at radius 1 is 0.786 bits per heavy atom. The Labute approximate surface area is 156 Å². The van der Waals surface area contributed by atoms with Crippen LogP contribution in [0.2, 0.25) is 0 Å². The average molecular weight is 358 g/mol. The molecule has 0 amide bonds. The number of allylic oxidation sites excluding steroid dienone is 2. The normalized spacial score (nSPS) is 12.6. The highest BCUT2D eigenvalue weighted by Gasteiger charge is 2.24. The number of rotatable bonds is 0. The molecule has 4 aromatic rings. The second-order valence-corrected chi connectivity index (χ2v) is 6.38. The molecule has 0 atom stereocenters. The average Bonchev–Trinajstić information content (AvgIpc) is 3.12. The zero-order chi connectivity index (χ0) is 19.6. The van der Waals surface area contributed by atoms with Crippen LogP contribution in [0.25, 0.3) is 37.9 Å². The van der Waals surface area contributed by atoms with Crippen LogP contribution in [0.3, 0.4) is 0 Å². The number of benzene rings is 4. The van der Waals surface area contributed by atoms with E-state index in [0.717, 1.165) is 0 Å². The summed E-state index contributed by atoms with van der Waals surface area (Å²) in [5.74, 6) is 0. The number of fused-ring (bicyclic) bond motifs is 3. The minimum absolute atomic E-state index is 0.0176. The molecule has 0 spiro atoms. The van der Waals surface area contributed by atoms with Crippen LogP contribution in [0, 0.1) is 34.0 Å². The zero-order valence-electron chi connectivity index (χ0n) is 14.1. The molecule has 4 aromatic carbocycles. The number of hydrogen-bond acceptors (Lipinski definition) is 6. The van der Waals surface area contributed by atoms with Gasteiger partial charge in [-0.25, -0.2) is 4.99 Å². The van der Waals surface area contributed by atoms with Gasteiger partial charge in [-0.3, -0.25) is 9.59 Å². The molecule has 0 bridgehead atoms. The van der Waals surface area contributed by atoms with E-state index in [4.69, 9.17) is 0 Å². The molecule has 28 heavy (non-hydrogen) atoms. The molecule has 0 saturated heterocycles. The molecule has 0 N–H and O–H groups in total. The highest BCUT2D eigenvalue weighted by Crippen LogP contribution is 2.30. The summed E-state index contributed by atoms with van der Waals surface area (Å²) in [6.45, 7) is 0. The van der Waals surface area contributed by atoms with Crippen LogP contribution in [0.4, 0.5) is 0 Å². The Hall–Kier alpha value is -4.60. The molecule has 1 aliphatic rings.